The molecule has 7 nitrogen and oxygen atoms in total. The molecule has 1 aliphatic rings. The Bertz CT molecular complexity index is 1250. The maximum absolute atomic E-state index is 14.6. The van der Waals surface area contributed by atoms with Crippen LogP contribution in [0.4, 0.5) is 18.0 Å². The van der Waals surface area contributed by atoms with Gasteiger partial charge in [-0.2, -0.15) is 8.78 Å². The third kappa shape index (κ3) is 6.14. The number of carboxylic acids is 1. The SMILES string of the molecule is O=C(O)Cc1ccc(OC(F)F)c(-c2ccc(F)c3c2CN(OC(=O)OCc2ccccc2)CC3)c1. The highest BCUT2D eigenvalue weighted by molar-refractivity contribution is 5.77. The third-order valence-corrected chi connectivity index (χ3v) is 5.63. The minimum Gasteiger partial charge on any atom is -0.481 e. The van der Waals surface area contributed by atoms with Gasteiger partial charge >= 0.3 is 18.7 Å². The van der Waals surface area contributed by atoms with Gasteiger partial charge in [-0.05, 0) is 52.4 Å². The summed E-state index contributed by atoms with van der Waals surface area (Å²) in [5, 5.41) is 10.4. The lowest BCUT2D eigenvalue weighted by molar-refractivity contribution is -0.139. The largest absolute Gasteiger partial charge is 0.528 e. The standard InChI is InChI=1S/C26H22F3NO6/c27-22-8-7-18(20-12-17(13-24(31)32)6-9-23(20)35-25(28)29)21-14-30(11-10-19(21)22)36-26(33)34-15-16-4-2-1-3-5-16/h1-9,12,25H,10-11,13-15H2,(H,31,32). The summed E-state index contributed by atoms with van der Waals surface area (Å²) in [5.74, 6) is -1.77. The Hall–Kier alpha value is -4.05. The molecule has 0 saturated carbocycles. The molecule has 36 heavy (non-hydrogen) atoms. The van der Waals surface area contributed by atoms with Crippen LogP contribution in [0.15, 0.2) is 60.7 Å². The van der Waals surface area contributed by atoms with Gasteiger partial charge in [-0.3, -0.25) is 4.79 Å². The van der Waals surface area contributed by atoms with E-state index in [-0.39, 0.29) is 43.9 Å². The molecule has 0 amide bonds. The van der Waals surface area contributed by atoms with Crippen molar-refractivity contribution in [1.82, 2.24) is 5.06 Å². The Morgan fingerprint density at radius 3 is 2.47 bits per heavy atom. The number of aliphatic carboxylic acids is 1. The average Bonchev–Trinajstić information content (AvgIpc) is 2.84. The van der Waals surface area contributed by atoms with Crippen LogP contribution < -0.4 is 4.74 Å². The van der Waals surface area contributed by atoms with E-state index in [1.165, 1.54) is 35.4 Å². The minimum atomic E-state index is -3.12. The molecule has 0 bridgehead atoms. The first-order valence-electron chi connectivity index (χ1n) is 11.0. The van der Waals surface area contributed by atoms with E-state index in [9.17, 15) is 22.8 Å². The molecule has 1 heterocycles. The molecule has 0 unspecified atom stereocenters. The molecule has 0 fully saturated rings. The maximum Gasteiger partial charge on any atom is 0.528 e. The normalized spacial score (nSPS) is 13.2. The first-order valence-corrected chi connectivity index (χ1v) is 11.0. The van der Waals surface area contributed by atoms with Crippen molar-refractivity contribution in [1.29, 1.82) is 0 Å². The summed E-state index contributed by atoms with van der Waals surface area (Å²) in [6, 6.07) is 15.7. The Morgan fingerprint density at radius 2 is 1.75 bits per heavy atom. The number of alkyl halides is 2. The molecule has 10 heteroatoms. The van der Waals surface area contributed by atoms with Crippen molar-refractivity contribution in [3.8, 4) is 16.9 Å². The highest BCUT2D eigenvalue weighted by Gasteiger charge is 2.27. The molecule has 4 rings (SSSR count). The molecule has 0 saturated heterocycles. The van der Waals surface area contributed by atoms with Gasteiger partial charge in [0.25, 0.3) is 0 Å². The third-order valence-electron chi connectivity index (χ3n) is 5.63. The van der Waals surface area contributed by atoms with Gasteiger partial charge in [0, 0.05) is 12.1 Å². The van der Waals surface area contributed by atoms with E-state index in [0.717, 1.165) is 5.56 Å². The van der Waals surface area contributed by atoms with E-state index in [1.807, 2.05) is 6.07 Å². The highest BCUT2D eigenvalue weighted by atomic mass is 19.3. The van der Waals surface area contributed by atoms with Crippen LogP contribution >= 0.6 is 0 Å². The molecule has 0 aliphatic carbocycles. The zero-order valence-corrected chi connectivity index (χ0v) is 19.0. The molecule has 1 aliphatic heterocycles. The van der Waals surface area contributed by atoms with Crippen LogP contribution in [0.3, 0.4) is 0 Å². The number of fused-ring (bicyclic) bond motifs is 1. The smallest absolute Gasteiger partial charge is 0.481 e. The summed E-state index contributed by atoms with van der Waals surface area (Å²) in [6.07, 6.45) is -1.10. The fraction of sp³-hybridized carbons (Fsp3) is 0.231. The van der Waals surface area contributed by atoms with Crippen molar-refractivity contribution < 1.29 is 42.2 Å². The number of ether oxygens (including phenoxy) is 2. The Labute approximate surface area is 204 Å². The predicted molar refractivity (Wildman–Crippen MR) is 122 cm³/mol. The molecular formula is C26H22F3NO6. The van der Waals surface area contributed by atoms with Gasteiger partial charge in [-0.25, -0.2) is 9.18 Å². The topological polar surface area (TPSA) is 85.3 Å². The summed E-state index contributed by atoms with van der Waals surface area (Å²) >= 11 is 0. The molecule has 3 aromatic carbocycles. The maximum atomic E-state index is 14.6. The number of hydrogen-bond donors (Lipinski definition) is 1. The van der Waals surface area contributed by atoms with Gasteiger partial charge in [0.1, 0.15) is 18.2 Å². The summed E-state index contributed by atoms with van der Waals surface area (Å²) in [4.78, 5) is 28.7. The summed E-state index contributed by atoms with van der Waals surface area (Å²) in [7, 11) is 0. The van der Waals surface area contributed by atoms with Crippen molar-refractivity contribution in [2.24, 2.45) is 0 Å². The predicted octanol–water partition coefficient (Wildman–Crippen LogP) is 5.35. The van der Waals surface area contributed by atoms with Gasteiger partial charge in [0.15, 0.2) is 0 Å². The lowest BCUT2D eigenvalue weighted by atomic mass is 9.90. The molecule has 0 radical (unpaired) electrons. The fourth-order valence-corrected chi connectivity index (χ4v) is 4.06. The number of hydroxylamine groups is 2. The number of halogens is 3. The van der Waals surface area contributed by atoms with Crippen LogP contribution in [0.1, 0.15) is 22.3 Å². The summed E-state index contributed by atoms with van der Waals surface area (Å²) in [6.45, 7) is -2.97. The monoisotopic (exact) mass is 501 g/mol. The van der Waals surface area contributed by atoms with Crippen molar-refractivity contribution in [3.63, 3.8) is 0 Å². The fourth-order valence-electron chi connectivity index (χ4n) is 4.06. The van der Waals surface area contributed by atoms with Crippen LogP contribution in [-0.2, 0) is 40.4 Å². The first kappa shape index (κ1) is 25.1. The van der Waals surface area contributed by atoms with E-state index >= 15 is 0 Å². The summed E-state index contributed by atoms with van der Waals surface area (Å²) < 4.78 is 50.6. The van der Waals surface area contributed by atoms with E-state index in [2.05, 4.69) is 4.74 Å². The molecule has 3 aromatic rings. The van der Waals surface area contributed by atoms with E-state index in [4.69, 9.17) is 14.7 Å². The van der Waals surface area contributed by atoms with E-state index in [1.54, 1.807) is 24.3 Å². The zero-order valence-electron chi connectivity index (χ0n) is 19.0. The number of carbonyl (C=O) groups is 2. The Balaban J connectivity index is 1.60. The van der Waals surface area contributed by atoms with Crippen LogP contribution in [0.2, 0.25) is 0 Å². The number of nitrogens with zero attached hydrogens (tertiary/aromatic N) is 1. The Kier molecular flexibility index (Phi) is 7.74. The van der Waals surface area contributed by atoms with Crippen molar-refractivity contribution in [2.45, 2.75) is 32.6 Å². The van der Waals surface area contributed by atoms with Crippen LogP contribution in [0.25, 0.3) is 11.1 Å². The van der Waals surface area contributed by atoms with Crippen LogP contribution in [-0.4, -0.2) is 35.5 Å². The lowest BCUT2D eigenvalue weighted by Gasteiger charge is -2.29. The molecule has 0 spiro atoms. The van der Waals surface area contributed by atoms with Gasteiger partial charge in [-0.15, -0.1) is 5.06 Å². The molecule has 0 aromatic heterocycles. The number of benzene rings is 3. The number of hydrogen-bond acceptors (Lipinski definition) is 6. The van der Waals surface area contributed by atoms with Crippen LogP contribution in [0.5, 0.6) is 5.75 Å². The first-order chi connectivity index (χ1) is 17.3. The minimum absolute atomic E-state index is 0.00861. The highest BCUT2D eigenvalue weighted by Crippen LogP contribution is 2.38. The van der Waals surface area contributed by atoms with E-state index < -0.39 is 24.6 Å². The number of carbonyl (C=O) groups excluding carboxylic acids is 1. The second-order valence-corrected chi connectivity index (χ2v) is 8.06. The van der Waals surface area contributed by atoms with E-state index in [0.29, 0.717) is 22.3 Å². The molecule has 0 atom stereocenters. The van der Waals surface area contributed by atoms with Gasteiger partial charge in [-0.1, -0.05) is 42.5 Å². The zero-order chi connectivity index (χ0) is 25.7. The van der Waals surface area contributed by atoms with Gasteiger partial charge in [0.05, 0.1) is 13.0 Å². The lowest BCUT2D eigenvalue weighted by Crippen LogP contribution is -2.34. The number of rotatable bonds is 8. The summed E-state index contributed by atoms with van der Waals surface area (Å²) in [5.41, 5.74) is 2.42. The second kappa shape index (κ2) is 11.1. The van der Waals surface area contributed by atoms with Gasteiger partial charge in [0.2, 0.25) is 0 Å². The second-order valence-electron chi connectivity index (χ2n) is 8.06. The average molecular weight is 501 g/mol. The van der Waals surface area contributed by atoms with Crippen LogP contribution in [0, 0.1) is 5.82 Å². The van der Waals surface area contributed by atoms with Crippen molar-refractivity contribution in [2.75, 3.05) is 6.54 Å². The molecule has 188 valence electrons. The van der Waals surface area contributed by atoms with Gasteiger partial charge < -0.3 is 19.4 Å². The Morgan fingerprint density at radius 1 is 0.972 bits per heavy atom. The molecular weight excluding hydrogens is 479 g/mol. The van der Waals surface area contributed by atoms with Crippen molar-refractivity contribution in [3.05, 3.63) is 88.7 Å². The number of carboxylic acid groups (broad SMARTS) is 1. The molecule has 1 N–H and O–H groups in total. The quantitative estimate of drug-likeness (QED) is 0.417. The van der Waals surface area contributed by atoms with Crippen molar-refractivity contribution >= 4 is 12.1 Å².